The third kappa shape index (κ3) is 3.94. The number of benzene rings is 2. The Balaban J connectivity index is 1.46. The molecule has 3 aromatic rings. The largest absolute Gasteiger partial charge is 0.506 e. The highest BCUT2D eigenvalue weighted by molar-refractivity contribution is 9.10. The first-order valence-corrected chi connectivity index (χ1v) is 11.3. The van der Waals surface area contributed by atoms with E-state index in [-0.39, 0.29) is 40.2 Å². The Morgan fingerprint density at radius 1 is 1.27 bits per heavy atom. The maximum absolute atomic E-state index is 13.1. The number of hydrogen-bond acceptors (Lipinski definition) is 6. The van der Waals surface area contributed by atoms with Crippen LogP contribution in [0.5, 0.6) is 11.5 Å². The van der Waals surface area contributed by atoms with E-state index >= 15 is 0 Å². The number of carboxylic acid groups (broad SMARTS) is 1. The first kappa shape index (κ1) is 21.7. The summed E-state index contributed by atoms with van der Waals surface area (Å²) in [5.41, 5.74) is 2.02. The van der Waals surface area contributed by atoms with Gasteiger partial charge in [0.05, 0.1) is 27.4 Å². The summed E-state index contributed by atoms with van der Waals surface area (Å²) in [5, 5.41) is 27.9. The van der Waals surface area contributed by atoms with Crippen LogP contribution in [0.1, 0.15) is 21.6 Å². The number of aromatic nitrogens is 2. The first-order chi connectivity index (χ1) is 15.8. The number of phenolic OH excluding ortho intramolecular Hbond substituents is 1. The van der Waals surface area contributed by atoms with Crippen molar-refractivity contribution in [1.82, 2.24) is 20.0 Å². The predicted octanol–water partition coefficient (Wildman–Crippen LogP) is 4.10. The molecule has 0 aliphatic carbocycles. The summed E-state index contributed by atoms with van der Waals surface area (Å²) >= 11 is 9.67. The molecule has 2 aliphatic rings. The van der Waals surface area contributed by atoms with E-state index in [1.807, 2.05) is 23.1 Å². The van der Waals surface area contributed by atoms with Crippen LogP contribution in [-0.4, -0.2) is 68.3 Å². The van der Waals surface area contributed by atoms with E-state index in [1.165, 1.54) is 11.0 Å². The van der Waals surface area contributed by atoms with Crippen LogP contribution in [0.4, 0.5) is 4.79 Å². The summed E-state index contributed by atoms with van der Waals surface area (Å²) in [7, 11) is 0. The molecule has 0 bridgehead atoms. The molecule has 2 aromatic carbocycles. The summed E-state index contributed by atoms with van der Waals surface area (Å²) in [6.45, 7) is 1.94. The molecule has 1 saturated heterocycles. The minimum Gasteiger partial charge on any atom is -0.506 e. The van der Waals surface area contributed by atoms with Gasteiger partial charge in [0.1, 0.15) is 11.5 Å². The molecule has 0 radical (unpaired) electrons. The van der Waals surface area contributed by atoms with Gasteiger partial charge in [0.15, 0.2) is 5.76 Å². The van der Waals surface area contributed by atoms with Gasteiger partial charge in [-0.2, -0.15) is 5.10 Å². The number of H-pyrrole nitrogens is 1. The number of nitrogens with zero attached hydrogens (tertiary/aromatic N) is 3. The second kappa shape index (κ2) is 8.36. The fraction of sp³-hybridized carbons (Fsp3) is 0.227. The highest BCUT2D eigenvalue weighted by Crippen LogP contribution is 2.44. The molecule has 3 N–H and O–H groups in total. The van der Waals surface area contributed by atoms with Gasteiger partial charge in [-0.05, 0) is 24.3 Å². The Kier molecular flexibility index (Phi) is 5.51. The Labute approximate surface area is 201 Å². The Bertz CT molecular complexity index is 1330. The van der Waals surface area contributed by atoms with Crippen molar-refractivity contribution in [3.63, 3.8) is 0 Å². The van der Waals surface area contributed by atoms with Crippen LogP contribution < -0.4 is 4.74 Å². The van der Waals surface area contributed by atoms with Crippen molar-refractivity contribution in [2.24, 2.45) is 0 Å². The van der Waals surface area contributed by atoms with Crippen LogP contribution in [0.15, 0.2) is 34.5 Å². The Morgan fingerprint density at radius 2 is 2.03 bits per heavy atom. The number of aromatic hydroxyl groups is 1. The average Bonchev–Trinajstić information content (AvgIpc) is 3.33. The molecule has 5 rings (SSSR count). The molecule has 0 spiro atoms. The van der Waals surface area contributed by atoms with Crippen molar-refractivity contribution in [2.75, 3.05) is 26.2 Å². The molecule has 11 heteroatoms. The second-order valence-electron chi connectivity index (χ2n) is 7.85. The van der Waals surface area contributed by atoms with E-state index in [4.69, 9.17) is 21.4 Å². The van der Waals surface area contributed by atoms with E-state index in [0.29, 0.717) is 37.4 Å². The number of halogens is 2. The third-order valence-electron chi connectivity index (χ3n) is 5.83. The monoisotopic (exact) mass is 532 g/mol. The number of aromatic amines is 1. The van der Waals surface area contributed by atoms with Gasteiger partial charge in [0.25, 0.3) is 0 Å². The molecule has 1 amide bonds. The minimum atomic E-state index is -0.956. The van der Waals surface area contributed by atoms with Crippen LogP contribution in [0.2, 0.25) is 5.02 Å². The number of carbonyl (C=O) groups excluding carboxylic acids is 1. The third-order valence-corrected chi connectivity index (χ3v) is 6.61. The summed E-state index contributed by atoms with van der Waals surface area (Å²) in [5.74, 6) is -0.166. The number of rotatable bonds is 3. The summed E-state index contributed by atoms with van der Waals surface area (Å²) in [4.78, 5) is 27.6. The smallest absolute Gasteiger partial charge is 0.407 e. The number of Topliss-reactive ketones (excluding diaryl/α,β-unsaturated/α-hetero) is 1. The molecule has 33 heavy (non-hydrogen) atoms. The molecular formula is C22H18BrClN4O5. The average molecular weight is 534 g/mol. The quantitative estimate of drug-likeness (QED) is 0.434. The van der Waals surface area contributed by atoms with Gasteiger partial charge in [-0.1, -0.05) is 27.5 Å². The van der Waals surface area contributed by atoms with E-state index < -0.39 is 6.09 Å². The zero-order valence-corrected chi connectivity index (χ0v) is 19.5. The van der Waals surface area contributed by atoms with Crippen molar-refractivity contribution >= 4 is 56.4 Å². The molecular weight excluding hydrogens is 516 g/mol. The van der Waals surface area contributed by atoms with Crippen molar-refractivity contribution in [3.8, 4) is 11.5 Å². The second-order valence-corrected chi connectivity index (χ2v) is 9.17. The van der Waals surface area contributed by atoms with E-state index in [1.54, 1.807) is 6.08 Å². The molecule has 0 atom stereocenters. The summed E-state index contributed by atoms with van der Waals surface area (Å²) < 4.78 is 6.81. The lowest BCUT2D eigenvalue weighted by Gasteiger charge is -2.33. The van der Waals surface area contributed by atoms with Crippen molar-refractivity contribution in [2.45, 2.75) is 6.54 Å². The molecule has 0 unspecified atom stereocenters. The lowest BCUT2D eigenvalue weighted by Crippen LogP contribution is -2.47. The van der Waals surface area contributed by atoms with Gasteiger partial charge >= 0.3 is 6.09 Å². The van der Waals surface area contributed by atoms with Gasteiger partial charge in [-0.15, -0.1) is 0 Å². The number of ether oxygens (including phenoxy) is 1. The molecule has 3 heterocycles. The van der Waals surface area contributed by atoms with Crippen LogP contribution in [0.3, 0.4) is 0 Å². The highest BCUT2D eigenvalue weighted by Gasteiger charge is 2.34. The van der Waals surface area contributed by atoms with Gasteiger partial charge in [0.2, 0.25) is 5.78 Å². The van der Waals surface area contributed by atoms with E-state index in [9.17, 15) is 14.7 Å². The van der Waals surface area contributed by atoms with Gasteiger partial charge in [-0.25, -0.2) is 4.79 Å². The topological polar surface area (TPSA) is 119 Å². The van der Waals surface area contributed by atoms with E-state index in [2.05, 4.69) is 26.1 Å². The maximum atomic E-state index is 13.1. The number of phenols is 1. The van der Waals surface area contributed by atoms with Crippen LogP contribution in [0, 0.1) is 0 Å². The number of hydrogen-bond donors (Lipinski definition) is 3. The SMILES string of the molecule is O=C1/C(=C/c2n[nH]c3ccc(Br)cc23)Oc2c1cc(Cl)c(O)c2CN1CCN(C(=O)O)CC1. The number of amides is 1. The molecule has 1 fully saturated rings. The number of allylic oxidation sites excluding steroid dienone is 1. The standard InChI is InChI=1S/C22H18BrClN4O5/c23-11-1-2-16-12(7-11)17(26-25-16)9-18-20(30)13-8-15(24)19(29)14(21(13)33-18)10-27-3-5-28(6-4-27)22(31)32/h1-2,7-9,29H,3-6,10H2,(H,25,26)(H,31,32)/b18-9-. The molecule has 1 aromatic heterocycles. The zero-order chi connectivity index (χ0) is 23.3. The first-order valence-electron chi connectivity index (χ1n) is 10.1. The Hall–Kier alpha value is -3.08. The maximum Gasteiger partial charge on any atom is 0.407 e. The molecule has 170 valence electrons. The van der Waals surface area contributed by atoms with Crippen LogP contribution >= 0.6 is 27.5 Å². The number of nitrogens with one attached hydrogen (secondary N) is 1. The van der Waals surface area contributed by atoms with Crippen molar-refractivity contribution in [1.29, 1.82) is 0 Å². The molecule has 2 aliphatic heterocycles. The van der Waals surface area contributed by atoms with Gasteiger partial charge in [-0.3, -0.25) is 14.8 Å². The number of ketones is 1. The number of carbonyl (C=O) groups is 2. The van der Waals surface area contributed by atoms with Crippen molar-refractivity contribution in [3.05, 3.63) is 56.3 Å². The molecule has 9 nitrogen and oxygen atoms in total. The van der Waals surface area contributed by atoms with Gasteiger partial charge in [0, 0.05) is 48.7 Å². The lowest BCUT2D eigenvalue weighted by molar-refractivity contribution is 0.101. The Morgan fingerprint density at radius 3 is 2.76 bits per heavy atom. The summed E-state index contributed by atoms with van der Waals surface area (Å²) in [6.07, 6.45) is 0.608. The fourth-order valence-corrected chi connectivity index (χ4v) is 4.64. The number of piperazine rings is 1. The van der Waals surface area contributed by atoms with Crippen molar-refractivity contribution < 1.29 is 24.5 Å². The van der Waals surface area contributed by atoms with Crippen LogP contribution in [-0.2, 0) is 6.54 Å². The lowest BCUT2D eigenvalue weighted by atomic mass is 10.0. The summed E-state index contributed by atoms with van der Waals surface area (Å²) in [6, 6.07) is 7.06. The highest BCUT2D eigenvalue weighted by atomic mass is 79.9. The predicted molar refractivity (Wildman–Crippen MR) is 125 cm³/mol. The fourth-order valence-electron chi connectivity index (χ4n) is 4.05. The normalized spacial score (nSPS) is 17.6. The zero-order valence-electron chi connectivity index (χ0n) is 17.1. The number of fused-ring (bicyclic) bond motifs is 2. The van der Waals surface area contributed by atoms with Gasteiger partial charge < -0.3 is 19.8 Å². The molecule has 0 saturated carbocycles. The minimum absolute atomic E-state index is 0.0558. The van der Waals surface area contributed by atoms with Crippen LogP contribution in [0.25, 0.3) is 17.0 Å². The van der Waals surface area contributed by atoms with E-state index in [0.717, 1.165) is 15.4 Å².